The van der Waals surface area contributed by atoms with Gasteiger partial charge in [0.05, 0.1) is 0 Å². The SMILES string of the molecule is CCCCC(=O)OP(O)O. The van der Waals surface area contributed by atoms with Crippen LogP contribution >= 0.6 is 8.60 Å². The largest absolute Gasteiger partial charge is 0.394 e. The van der Waals surface area contributed by atoms with Gasteiger partial charge in [0.15, 0.2) is 0 Å². The molecular weight excluding hydrogens is 155 g/mol. The van der Waals surface area contributed by atoms with Gasteiger partial charge in [-0.05, 0) is 6.42 Å². The minimum atomic E-state index is -2.51. The lowest BCUT2D eigenvalue weighted by molar-refractivity contribution is -0.134. The minimum absolute atomic E-state index is 0.260. The summed E-state index contributed by atoms with van der Waals surface area (Å²) in [4.78, 5) is 26.9. The number of hydrogen-bond donors (Lipinski definition) is 2. The van der Waals surface area contributed by atoms with Crippen molar-refractivity contribution in [3.05, 3.63) is 0 Å². The number of rotatable bonds is 4. The van der Waals surface area contributed by atoms with Crippen LogP contribution in [0.1, 0.15) is 26.2 Å². The van der Waals surface area contributed by atoms with E-state index in [-0.39, 0.29) is 6.42 Å². The average Bonchev–Trinajstić information content (AvgIpc) is 1.82. The van der Waals surface area contributed by atoms with Crippen molar-refractivity contribution >= 4 is 14.6 Å². The Morgan fingerprint density at radius 2 is 2.20 bits per heavy atom. The molecule has 0 aromatic carbocycles. The van der Waals surface area contributed by atoms with E-state index in [1.165, 1.54) is 0 Å². The normalized spacial score (nSPS) is 10.0. The Kier molecular flexibility index (Phi) is 5.49. The molecule has 0 atom stereocenters. The molecule has 0 aliphatic rings. The molecule has 0 aromatic heterocycles. The fourth-order valence-corrected chi connectivity index (χ4v) is 0.731. The molecule has 0 aliphatic heterocycles. The second-order valence-corrected chi connectivity index (χ2v) is 2.51. The summed E-state index contributed by atoms with van der Waals surface area (Å²) >= 11 is 0. The van der Waals surface area contributed by atoms with Crippen LogP contribution in [0.25, 0.3) is 0 Å². The van der Waals surface area contributed by atoms with E-state index in [0.29, 0.717) is 0 Å². The Hall–Kier alpha value is -0.180. The molecule has 0 saturated carbocycles. The first-order chi connectivity index (χ1) is 4.66. The maximum Gasteiger partial charge on any atom is 0.393 e. The van der Waals surface area contributed by atoms with E-state index in [1.54, 1.807) is 0 Å². The van der Waals surface area contributed by atoms with Gasteiger partial charge in [-0.25, -0.2) is 0 Å². The smallest absolute Gasteiger partial charge is 0.393 e. The highest BCUT2D eigenvalue weighted by Gasteiger charge is 2.07. The van der Waals surface area contributed by atoms with Crippen LogP contribution in [0.15, 0.2) is 0 Å². The van der Waals surface area contributed by atoms with E-state index >= 15 is 0 Å². The Morgan fingerprint density at radius 3 is 2.60 bits per heavy atom. The third-order valence-electron chi connectivity index (χ3n) is 0.918. The molecule has 5 heteroatoms. The van der Waals surface area contributed by atoms with Crippen LogP contribution in [-0.4, -0.2) is 15.8 Å². The van der Waals surface area contributed by atoms with Gasteiger partial charge in [0.1, 0.15) is 0 Å². The van der Waals surface area contributed by atoms with Gasteiger partial charge >= 0.3 is 14.6 Å². The molecule has 0 heterocycles. The third-order valence-corrected chi connectivity index (χ3v) is 1.28. The van der Waals surface area contributed by atoms with Crippen molar-refractivity contribution in [3.8, 4) is 0 Å². The molecule has 10 heavy (non-hydrogen) atoms. The van der Waals surface area contributed by atoms with Gasteiger partial charge in [0, 0.05) is 6.42 Å². The number of hydrogen-bond acceptors (Lipinski definition) is 4. The van der Waals surface area contributed by atoms with Gasteiger partial charge in [-0.1, -0.05) is 13.3 Å². The predicted octanol–water partition coefficient (Wildman–Crippen LogP) is 0.931. The molecular formula is C5H11O4P. The van der Waals surface area contributed by atoms with Gasteiger partial charge in [-0.15, -0.1) is 0 Å². The van der Waals surface area contributed by atoms with Gasteiger partial charge in [-0.3, -0.25) is 4.79 Å². The van der Waals surface area contributed by atoms with E-state index in [9.17, 15) is 4.79 Å². The van der Waals surface area contributed by atoms with Crippen molar-refractivity contribution in [2.24, 2.45) is 0 Å². The lowest BCUT2D eigenvalue weighted by Gasteiger charge is -2.01. The summed E-state index contributed by atoms with van der Waals surface area (Å²) in [6.07, 6.45) is 1.88. The van der Waals surface area contributed by atoms with Gasteiger partial charge in [0.2, 0.25) is 0 Å². The van der Waals surface area contributed by atoms with E-state index in [0.717, 1.165) is 12.8 Å². The molecule has 0 fully saturated rings. The number of carbonyl (C=O) groups excluding carboxylic acids is 1. The lowest BCUT2D eigenvalue weighted by Crippen LogP contribution is -1.99. The van der Waals surface area contributed by atoms with Crippen molar-refractivity contribution in [2.75, 3.05) is 0 Å². The summed E-state index contributed by atoms with van der Waals surface area (Å²) in [5.41, 5.74) is 0. The van der Waals surface area contributed by atoms with Crippen LogP contribution in [0, 0.1) is 0 Å². The van der Waals surface area contributed by atoms with Gasteiger partial charge in [-0.2, -0.15) is 0 Å². The fraction of sp³-hybridized carbons (Fsp3) is 0.800. The first-order valence-electron chi connectivity index (χ1n) is 3.05. The van der Waals surface area contributed by atoms with Gasteiger partial charge < -0.3 is 14.3 Å². The Balaban J connectivity index is 3.26. The highest BCUT2D eigenvalue weighted by molar-refractivity contribution is 7.40. The second kappa shape index (κ2) is 5.59. The number of unbranched alkanes of at least 4 members (excludes halogenated alkanes) is 1. The van der Waals surface area contributed by atoms with Crippen LogP contribution in [0.3, 0.4) is 0 Å². The maximum atomic E-state index is 10.5. The van der Waals surface area contributed by atoms with Crippen molar-refractivity contribution in [1.29, 1.82) is 0 Å². The van der Waals surface area contributed by atoms with Crippen LogP contribution in [0.5, 0.6) is 0 Å². The minimum Gasteiger partial charge on any atom is -0.394 e. The van der Waals surface area contributed by atoms with Crippen LogP contribution in [-0.2, 0) is 9.32 Å². The summed E-state index contributed by atoms with van der Waals surface area (Å²) in [6.45, 7) is 1.94. The van der Waals surface area contributed by atoms with E-state index in [4.69, 9.17) is 9.79 Å². The standard InChI is InChI=1S/C5H11O4P/c1-2-3-4-5(6)9-10(7)8/h7-8H,2-4H2,1H3. The summed E-state index contributed by atoms with van der Waals surface area (Å²) in [5.74, 6) is -0.544. The molecule has 0 aromatic rings. The number of carbonyl (C=O) groups is 1. The molecule has 0 spiro atoms. The Bertz CT molecular complexity index is 104. The molecule has 0 radical (unpaired) electrons. The van der Waals surface area contributed by atoms with Crippen molar-refractivity contribution < 1.29 is 19.1 Å². The molecule has 0 unspecified atom stereocenters. The van der Waals surface area contributed by atoms with Crippen molar-refractivity contribution in [1.82, 2.24) is 0 Å². The third kappa shape index (κ3) is 5.95. The lowest BCUT2D eigenvalue weighted by atomic mass is 10.3. The maximum absolute atomic E-state index is 10.5. The van der Waals surface area contributed by atoms with E-state index < -0.39 is 14.6 Å². The molecule has 4 nitrogen and oxygen atoms in total. The Morgan fingerprint density at radius 1 is 1.60 bits per heavy atom. The van der Waals surface area contributed by atoms with Crippen molar-refractivity contribution in [2.45, 2.75) is 26.2 Å². The zero-order valence-corrected chi connectivity index (χ0v) is 6.67. The zero-order chi connectivity index (χ0) is 7.98. The summed E-state index contributed by atoms with van der Waals surface area (Å²) in [5, 5.41) is 0. The van der Waals surface area contributed by atoms with Crippen LogP contribution in [0.2, 0.25) is 0 Å². The first kappa shape index (κ1) is 9.82. The van der Waals surface area contributed by atoms with Crippen LogP contribution in [0.4, 0.5) is 0 Å². The molecule has 0 saturated heterocycles. The molecule has 0 amide bonds. The summed E-state index contributed by atoms with van der Waals surface area (Å²) < 4.78 is 4.09. The predicted molar refractivity (Wildman–Crippen MR) is 37.0 cm³/mol. The average molecular weight is 166 g/mol. The molecule has 2 N–H and O–H groups in total. The summed E-state index contributed by atoms with van der Waals surface area (Å²) in [6, 6.07) is 0. The fourth-order valence-electron chi connectivity index (χ4n) is 0.458. The molecule has 0 bridgehead atoms. The van der Waals surface area contributed by atoms with Crippen LogP contribution < -0.4 is 0 Å². The second-order valence-electron chi connectivity index (χ2n) is 1.82. The topological polar surface area (TPSA) is 66.8 Å². The van der Waals surface area contributed by atoms with E-state index in [1.807, 2.05) is 6.92 Å². The van der Waals surface area contributed by atoms with Gasteiger partial charge in [0.25, 0.3) is 0 Å². The molecule has 60 valence electrons. The summed E-state index contributed by atoms with van der Waals surface area (Å²) in [7, 11) is -2.51. The zero-order valence-electron chi connectivity index (χ0n) is 5.78. The highest BCUT2D eigenvalue weighted by Crippen LogP contribution is 2.25. The Labute approximate surface area is 60.8 Å². The van der Waals surface area contributed by atoms with Crippen molar-refractivity contribution in [3.63, 3.8) is 0 Å². The first-order valence-corrected chi connectivity index (χ1v) is 4.22. The monoisotopic (exact) mass is 166 g/mol. The quantitative estimate of drug-likeness (QED) is 0.609. The van der Waals surface area contributed by atoms with E-state index in [2.05, 4.69) is 4.52 Å². The molecule has 0 aliphatic carbocycles. The highest BCUT2D eigenvalue weighted by atomic mass is 31.2. The molecule has 0 rings (SSSR count).